The number of nitrogens with zero attached hydrogens (tertiary/aromatic N) is 2. The number of halogens is 1. The van der Waals surface area contributed by atoms with Crippen molar-refractivity contribution in [2.24, 2.45) is 0 Å². The van der Waals surface area contributed by atoms with Gasteiger partial charge in [-0.05, 0) is 31.0 Å². The Hall–Kier alpha value is -3.52. The van der Waals surface area contributed by atoms with E-state index in [0.717, 1.165) is 11.8 Å². The number of pyridine rings is 1. The van der Waals surface area contributed by atoms with Crippen molar-refractivity contribution in [3.63, 3.8) is 0 Å². The van der Waals surface area contributed by atoms with Crippen molar-refractivity contribution in [3.05, 3.63) is 74.4 Å². The lowest BCUT2D eigenvalue weighted by molar-refractivity contribution is -0.384. The maximum absolute atomic E-state index is 12.8. The highest BCUT2D eigenvalue weighted by Crippen LogP contribution is 2.27. The number of amides is 1. The molecular formula is C21H18ClN3O5. The number of nitro benzene ring substituents is 1. The third-order valence-corrected chi connectivity index (χ3v) is 4.87. The number of hydrogen-bond acceptors (Lipinski definition) is 6. The summed E-state index contributed by atoms with van der Waals surface area (Å²) in [5.74, 6) is -1.32. The molecule has 0 aliphatic heterocycles. The Morgan fingerprint density at radius 2 is 1.97 bits per heavy atom. The molecule has 2 aromatic carbocycles. The number of nitro groups is 1. The van der Waals surface area contributed by atoms with E-state index >= 15 is 0 Å². The lowest BCUT2D eigenvalue weighted by Crippen LogP contribution is -2.22. The van der Waals surface area contributed by atoms with Crippen molar-refractivity contribution in [2.45, 2.75) is 20.3 Å². The predicted molar refractivity (Wildman–Crippen MR) is 113 cm³/mol. The molecule has 0 spiro atoms. The highest BCUT2D eigenvalue weighted by atomic mass is 35.5. The maximum Gasteiger partial charge on any atom is 0.339 e. The molecule has 0 unspecified atom stereocenters. The number of anilines is 1. The number of para-hydroxylation sites is 1. The third kappa shape index (κ3) is 4.38. The zero-order valence-corrected chi connectivity index (χ0v) is 17.0. The maximum atomic E-state index is 12.8. The second-order valence-corrected chi connectivity index (χ2v) is 6.88. The van der Waals surface area contributed by atoms with Crippen LogP contribution in [0.4, 0.5) is 11.4 Å². The van der Waals surface area contributed by atoms with E-state index in [-0.39, 0.29) is 16.4 Å². The van der Waals surface area contributed by atoms with Crippen LogP contribution in [0.1, 0.15) is 28.5 Å². The molecule has 0 aliphatic rings. The van der Waals surface area contributed by atoms with E-state index in [0.29, 0.717) is 28.5 Å². The van der Waals surface area contributed by atoms with Crippen molar-refractivity contribution in [1.82, 2.24) is 4.98 Å². The molecule has 0 saturated carbocycles. The fourth-order valence-corrected chi connectivity index (χ4v) is 3.24. The summed E-state index contributed by atoms with van der Waals surface area (Å²) in [7, 11) is 0. The average molecular weight is 428 g/mol. The van der Waals surface area contributed by atoms with E-state index in [2.05, 4.69) is 10.3 Å². The minimum absolute atomic E-state index is 0.0609. The van der Waals surface area contributed by atoms with Crippen molar-refractivity contribution in [1.29, 1.82) is 0 Å². The average Bonchev–Trinajstić information content (AvgIpc) is 2.73. The lowest BCUT2D eigenvalue weighted by atomic mass is 10.0. The van der Waals surface area contributed by atoms with Gasteiger partial charge < -0.3 is 10.1 Å². The number of carbonyl (C=O) groups is 2. The summed E-state index contributed by atoms with van der Waals surface area (Å²) >= 11 is 5.97. The quantitative estimate of drug-likeness (QED) is 0.353. The van der Waals surface area contributed by atoms with Crippen LogP contribution in [0.3, 0.4) is 0 Å². The van der Waals surface area contributed by atoms with E-state index in [1.165, 1.54) is 12.1 Å². The number of non-ortho nitro benzene ring substituents is 1. The summed E-state index contributed by atoms with van der Waals surface area (Å²) < 4.78 is 5.21. The van der Waals surface area contributed by atoms with Gasteiger partial charge >= 0.3 is 5.97 Å². The van der Waals surface area contributed by atoms with Gasteiger partial charge in [0.05, 0.1) is 26.7 Å². The van der Waals surface area contributed by atoms with Gasteiger partial charge in [-0.2, -0.15) is 0 Å². The molecule has 30 heavy (non-hydrogen) atoms. The first-order valence-corrected chi connectivity index (χ1v) is 9.48. The first-order valence-electron chi connectivity index (χ1n) is 9.11. The smallest absolute Gasteiger partial charge is 0.339 e. The van der Waals surface area contributed by atoms with E-state index < -0.39 is 23.4 Å². The summed E-state index contributed by atoms with van der Waals surface area (Å²) in [5, 5.41) is 14.1. The Morgan fingerprint density at radius 3 is 2.67 bits per heavy atom. The highest BCUT2D eigenvalue weighted by Gasteiger charge is 2.20. The molecule has 154 valence electrons. The second kappa shape index (κ2) is 8.87. The topological polar surface area (TPSA) is 111 Å². The molecule has 0 aliphatic carbocycles. The summed E-state index contributed by atoms with van der Waals surface area (Å²) in [6, 6.07) is 10.9. The molecule has 1 aromatic heterocycles. The van der Waals surface area contributed by atoms with Crippen LogP contribution in [0.2, 0.25) is 5.02 Å². The number of benzene rings is 2. The van der Waals surface area contributed by atoms with Crippen molar-refractivity contribution in [2.75, 3.05) is 11.9 Å². The number of fused-ring (bicyclic) bond motifs is 1. The Kier molecular flexibility index (Phi) is 6.27. The minimum atomic E-state index is -0.669. The van der Waals surface area contributed by atoms with Gasteiger partial charge in [0.25, 0.3) is 11.6 Å². The van der Waals surface area contributed by atoms with Gasteiger partial charge in [-0.1, -0.05) is 36.7 Å². The molecule has 0 bridgehead atoms. The Bertz CT molecular complexity index is 1160. The monoisotopic (exact) mass is 427 g/mol. The van der Waals surface area contributed by atoms with Gasteiger partial charge in [-0.15, -0.1) is 0 Å². The normalized spacial score (nSPS) is 10.6. The van der Waals surface area contributed by atoms with E-state index in [4.69, 9.17) is 16.3 Å². The van der Waals surface area contributed by atoms with Gasteiger partial charge in [0, 0.05) is 23.2 Å². The zero-order valence-electron chi connectivity index (χ0n) is 16.3. The number of aryl methyl sites for hydroxylation is 1. The van der Waals surface area contributed by atoms with Crippen LogP contribution in [0.25, 0.3) is 10.9 Å². The summed E-state index contributed by atoms with van der Waals surface area (Å²) in [6.07, 6.45) is 0.642. The minimum Gasteiger partial charge on any atom is -0.452 e. The lowest BCUT2D eigenvalue weighted by Gasteiger charge is -2.13. The van der Waals surface area contributed by atoms with Gasteiger partial charge in [-0.3, -0.25) is 19.9 Å². The number of esters is 1. The molecule has 1 amide bonds. The molecule has 0 fully saturated rings. The molecule has 9 heteroatoms. The Balaban J connectivity index is 1.78. The predicted octanol–water partition coefficient (Wildman–Crippen LogP) is 4.46. The fraction of sp³-hybridized carbons (Fsp3) is 0.190. The number of carbonyl (C=O) groups excluding carboxylic acids is 2. The largest absolute Gasteiger partial charge is 0.452 e. The van der Waals surface area contributed by atoms with Crippen LogP contribution in [0, 0.1) is 17.0 Å². The van der Waals surface area contributed by atoms with Crippen molar-refractivity contribution < 1.29 is 19.2 Å². The van der Waals surface area contributed by atoms with Crippen LogP contribution in [0.15, 0.2) is 42.5 Å². The summed E-state index contributed by atoms with van der Waals surface area (Å²) in [6.45, 7) is 3.16. The van der Waals surface area contributed by atoms with Gasteiger partial charge in [-0.25, -0.2) is 4.79 Å². The van der Waals surface area contributed by atoms with Crippen molar-refractivity contribution in [3.8, 4) is 0 Å². The Labute approximate surface area is 177 Å². The molecule has 1 N–H and O–H groups in total. The number of nitrogens with one attached hydrogen (secondary N) is 1. The van der Waals surface area contributed by atoms with Crippen LogP contribution < -0.4 is 5.32 Å². The highest BCUT2D eigenvalue weighted by molar-refractivity contribution is 6.33. The summed E-state index contributed by atoms with van der Waals surface area (Å²) in [5.41, 5.74) is 2.33. The molecule has 3 aromatic rings. The third-order valence-electron chi connectivity index (χ3n) is 4.54. The molecule has 3 rings (SSSR count). The van der Waals surface area contributed by atoms with Gasteiger partial charge in [0.15, 0.2) is 6.61 Å². The first-order chi connectivity index (χ1) is 14.3. The van der Waals surface area contributed by atoms with Crippen LogP contribution in [-0.4, -0.2) is 28.4 Å². The van der Waals surface area contributed by atoms with E-state index in [1.807, 2.05) is 19.1 Å². The number of ether oxygens (including phenoxy) is 1. The molecule has 0 saturated heterocycles. The molecular weight excluding hydrogens is 410 g/mol. The van der Waals surface area contributed by atoms with Gasteiger partial charge in [0.2, 0.25) is 0 Å². The van der Waals surface area contributed by atoms with E-state index in [1.54, 1.807) is 19.1 Å². The standard InChI is InChI=1S/C21H18ClN3O5/c1-3-16-12(2)20(14-6-4-5-7-17(14)23-16)21(27)30-11-19(26)24-18-10-13(25(28)29)8-9-15(18)22/h4-10H,3,11H2,1-2H3,(H,24,26). The van der Waals surface area contributed by atoms with E-state index in [9.17, 15) is 19.7 Å². The molecule has 0 radical (unpaired) electrons. The second-order valence-electron chi connectivity index (χ2n) is 6.47. The van der Waals surface area contributed by atoms with Crippen LogP contribution in [0.5, 0.6) is 0 Å². The molecule has 0 atom stereocenters. The first kappa shape index (κ1) is 21.2. The van der Waals surface area contributed by atoms with Crippen LogP contribution in [-0.2, 0) is 16.0 Å². The van der Waals surface area contributed by atoms with Crippen molar-refractivity contribution >= 4 is 45.8 Å². The number of rotatable bonds is 6. The zero-order chi connectivity index (χ0) is 21.8. The van der Waals surface area contributed by atoms with Crippen LogP contribution >= 0.6 is 11.6 Å². The number of hydrogen-bond donors (Lipinski definition) is 1. The van der Waals surface area contributed by atoms with Gasteiger partial charge in [0.1, 0.15) is 0 Å². The number of aromatic nitrogens is 1. The Morgan fingerprint density at radius 1 is 1.23 bits per heavy atom. The molecule has 1 heterocycles. The fourth-order valence-electron chi connectivity index (χ4n) is 3.08. The SMILES string of the molecule is CCc1nc2ccccc2c(C(=O)OCC(=O)Nc2cc([N+](=O)[O-])ccc2Cl)c1C. The molecule has 8 nitrogen and oxygen atoms in total. The summed E-state index contributed by atoms with van der Waals surface area (Å²) in [4.78, 5) is 39.8.